The first-order valence-electron chi connectivity index (χ1n) is 15.5. The standard InChI is InChI=1S/C29H45N7O10S2/c1-7-46-16(3)26(42)34-18(27(43)31-10-9-30-21(37)8-11-35-23(39)13-19(47-5)28(35)44)12-22(38)32-17(4)33-25(41)15(2)36-24(40)14-20(48-6)29(36)45/h15-20H,7-14H2,1-6H3,(H,30,37)(H,31,43)(H,32,38)(H,33,41)(H,34,42). The van der Waals surface area contributed by atoms with Crippen molar-refractivity contribution in [3.8, 4) is 0 Å². The average molecular weight is 716 g/mol. The summed E-state index contributed by atoms with van der Waals surface area (Å²) in [5, 5.41) is 11.6. The van der Waals surface area contributed by atoms with Gasteiger partial charge in [-0.3, -0.25) is 53.0 Å². The number of ether oxygens (including phenoxy) is 1. The van der Waals surface area contributed by atoms with E-state index < -0.39 is 82.6 Å². The van der Waals surface area contributed by atoms with E-state index in [-0.39, 0.29) is 57.3 Å². The Labute approximate surface area is 287 Å². The van der Waals surface area contributed by atoms with Gasteiger partial charge in [-0.05, 0) is 40.2 Å². The van der Waals surface area contributed by atoms with E-state index in [1.54, 1.807) is 19.4 Å². The summed E-state index contributed by atoms with van der Waals surface area (Å²) in [6, 6.07) is -2.46. The lowest BCUT2D eigenvalue weighted by atomic mass is 10.1. The fourth-order valence-electron chi connectivity index (χ4n) is 4.89. The number of amides is 9. The zero-order valence-corrected chi connectivity index (χ0v) is 29.5. The molecule has 2 rings (SSSR count). The Kier molecular flexibility index (Phi) is 16.3. The normalized spacial score (nSPS) is 20.2. The molecule has 9 amide bonds. The van der Waals surface area contributed by atoms with E-state index in [0.717, 1.165) is 9.80 Å². The average Bonchev–Trinajstić information content (AvgIpc) is 3.48. The number of nitrogens with one attached hydrogen (secondary N) is 5. The van der Waals surface area contributed by atoms with Gasteiger partial charge in [0.15, 0.2) is 0 Å². The highest BCUT2D eigenvalue weighted by Crippen LogP contribution is 2.25. The Bertz CT molecular complexity index is 1270. The Hall–Kier alpha value is -3.71. The van der Waals surface area contributed by atoms with Crippen molar-refractivity contribution >= 4 is 76.7 Å². The molecule has 2 heterocycles. The van der Waals surface area contributed by atoms with Crippen molar-refractivity contribution in [1.82, 2.24) is 36.4 Å². The van der Waals surface area contributed by atoms with Gasteiger partial charge in [0.1, 0.15) is 18.2 Å². The van der Waals surface area contributed by atoms with E-state index in [2.05, 4.69) is 26.6 Å². The molecule has 17 nitrogen and oxygen atoms in total. The fraction of sp³-hybridized carbons (Fsp3) is 0.690. The van der Waals surface area contributed by atoms with Crippen LogP contribution < -0.4 is 26.6 Å². The van der Waals surface area contributed by atoms with Crippen LogP contribution in [0.2, 0.25) is 0 Å². The third-order valence-electron chi connectivity index (χ3n) is 7.53. The number of carbonyl (C=O) groups excluding carboxylic acids is 9. The topological polar surface area (TPSA) is 229 Å². The Balaban J connectivity index is 1.89. The van der Waals surface area contributed by atoms with Crippen LogP contribution in [0.1, 0.15) is 53.4 Å². The van der Waals surface area contributed by atoms with Crippen molar-refractivity contribution < 1.29 is 47.9 Å². The number of hydrogen-bond acceptors (Lipinski definition) is 12. The van der Waals surface area contributed by atoms with Gasteiger partial charge in [0.25, 0.3) is 0 Å². The van der Waals surface area contributed by atoms with E-state index >= 15 is 0 Å². The lowest BCUT2D eigenvalue weighted by molar-refractivity contribution is -0.146. The monoisotopic (exact) mass is 715 g/mol. The van der Waals surface area contributed by atoms with Gasteiger partial charge in [-0.1, -0.05) is 0 Å². The first-order valence-corrected chi connectivity index (χ1v) is 18.0. The van der Waals surface area contributed by atoms with Crippen molar-refractivity contribution in [2.75, 3.05) is 38.8 Å². The SMILES string of the molecule is CCOC(C)C(=O)NC(CC(=O)NC(C)NC(=O)C(C)N1C(=O)CC(SC)C1=O)C(=O)NCCNC(=O)CCN1C(=O)CC(SC)C1=O. The maximum absolute atomic E-state index is 13.0. The molecule has 6 unspecified atom stereocenters. The predicted octanol–water partition coefficient (Wildman–Crippen LogP) is -2.14. The molecule has 2 aliphatic rings. The molecule has 48 heavy (non-hydrogen) atoms. The molecule has 2 saturated heterocycles. The van der Waals surface area contributed by atoms with Gasteiger partial charge in [-0.25, -0.2) is 0 Å². The van der Waals surface area contributed by atoms with Crippen LogP contribution in [0.4, 0.5) is 0 Å². The second-order valence-corrected chi connectivity index (χ2v) is 13.2. The van der Waals surface area contributed by atoms with Gasteiger partial charge in [0.05, 0.1) is 23.1 Å². The molecule has 2 aliphatic heterocycles. The zero-order chi connectivity index (χ0) is 36.1. The van der Waals surface area contributed by atoms with E-state index in [4.69, 9.17) is 4.74 Å². The molecule has 2 fully saturated rings. The van der Waals surface area contributed by atoms with Crippen LogP contribution >= 0.6 is 23.5 Å². The summed E-state index contributed by atoms with van der Waals surface area (Å²) < 4.78 is 5.26. The minimum Gasteiger partial charge on any atom is -0.369 e. The van der Waals surface area contributed by atoms with Crippen LogP contribution in [0.15, 0.2) is 0 Å². The van der Waals surface area contributed by atoms with Crippen LogP contribution in [0.3, 0.4) is 0 Å². The maximum atomic E-state index is 13.0. The van der Waals surface area contributed by atoms with Gasteiger partial charge >= 0.3 is 0 Å². The van der Waals surface area contributed by atoms with Crippen molar-refractivity contribution in [1.29, 1.82) is 0 Å². The quantitative estimate of drug-likeness (QED) is 0.0548. The number of rotatable bonds is 19. The molecule has 0 aromatic rings. The molecule has 0 saturated carbocycles. The molecule has 0 spiro atoms. The summed E-state index contributed by atoms with van der Waals surface area (Å²) in [5.41, 5.74) is 0. The van der Waals surface area contributed by atoms with E-state index in [1.807, 2.05) is 0 Å². The van der Waals surface area contributed by atoms with Crippen LogP contribution in [-0.2, 0) is 47.9 Å². The predicted molar refractivity (Wildman–Crippen MR) is 176 cm³/mol. The van der Waals surface area contributed by atoms with E-state index in [0.29, 0.717) is 0 Å². The summed E-state index contributed by atoms with van der Waals surface area (Å²) in [6.07, 6.45) is 0.998. The first-order chi connectivity index (χ1) is 22.6. The van der Waals surface area contributed by atoms with Crippen LogP contribution in [0, 0.1) is 0 Å². The van der Waals surface area contributed by atoms with Crippen molar-refractivity contribution in [2.24, 2.45) is 0 Å². The first kappa shape index (κ1) is 40.5. The van der Waals surface area contributed by atoms with Crippen molar-refractivity contribution in [3.05, 3.63) is 0 Å². The lowest BCUT2D eigenvalue weighted by Crippen LogP contribution is -2.56. The van der Waals surface area contributed by atoms with Crippen LogP contribution in [0.5, 0.6) is 0 Å². The minimum atomic E-state index is -1.35. The molecule has 19 heteroatoms. The number of likely N-dealkylation sites (tertiary alicyclic amines) is 2. The number of hydrogen-bond donors (Lipinski definition) is 5. The van der Waals surface area contributed by atoms with Crippen LogP contribution in [0.25, 0.3) is 0 Å². The Morgan fingerprint density at radius 1 is 0.792 bits per heavy atom. The Morgan fingerprint density at radius 3 is 1.98 bits per heavy atom. The van der Waals surface area contributed by atoms with E-state index in [9.17, 15) is 43.2 Å². The molecule has 0 aromatic heterocycles. The molecule has 6 atom stereocenters. The molecule has 5 N–H and O–H groups in total. The molecule has 268 valence electrons. The molecular formula is C29H45N7O10S2. The van der Waals surface area contributed by atoms with Gasteiger partial charge in [-0.2, -0.15) is 23.5 Å². The highest BCUT2D eigenvalue weighted by atomic mass is 32.2. The third kappa shape index (κ3) is 11.5. The lowest BCUT2D eigenvalue weighted by Gasteiger charge is -2.25. The molecule has 0 bridgehead atoms. The highest BCUT2D eigenvalue weighted by Gasteiger charge is 2.43. The molecular weight excluding hydrogens is 670 g/mol. The summed E-state index contributed by atoms with van der Waals surface area (Å²) in [6.45, 7) is 6.11. The second-order valence-electron chi connectivity index (χ2n) is 11.1. The van der Waals surface area contributed by atoms with Crippen LogP contribution in [-0.4, -0.2) is 137 Å². The maximum Gasteiger partial charge on any atom is 0.249 e. The molecule has 0 radical (unpaired) electrons. The van der Waals surface area contributed by atoms with Gasteiger partial charge in [-0.15, -0.1) is 0 Å². The number of carbonyl (C=O) groups is 9. The number of imide groups is 2. The molecule has 0 aliphatic carbocycles. The highest BCUT2D eigenvalue weighted by molar-refractivity contribution is 8.00. The van der Waals surface area contributed by atoms with Crippen molar-refractivity contribution in [2.45, 2.75) is 88.2 Å². The third-order valence-corrected chi connectivity index (χ3v) is 9.41. The zero-order valence-electron chi connectivity index (χ0n) is 27.9. The molecule has 0 aromatic carbocycles. The number of nitrogens with zero attached hydrogens (tertiary/aromatic N) is 2. The smallest absolute Gasteiger partial charge is 0.249 e. The summed E-state index contributed by atoms with van der Waals surface area (Å²) in [7, 11) is 0. The fourth-order valence-corrected chi connectivity index (χ4v) is 6.16. The summed E-state index contributed by atoms with van der Waals surface area (Å²) in [5.74, 6) is -4.79. The Morgan fingerprint density at radius 2 is 1.40 bits per heavy atom. The van der Waals surface area contributed by atoms with Gasteiger partial charge in [0, 0.05) is 45.5 Å². The van der Waals surface area contributed by atoms with Crippen molar-refractivity contribution in [3.63, 3.8) is 0 Å². The summed E-state index contributed by atoms with van der Waals surface area (Å²) >= 11 is 2.49. The van der Waals surface area contributed by atoms with Gasteiger partial charge in [0.2, 0.25) is 53.2 Å². The number of thioether (sulfide) groups is 2. The minimum absolute atomic E-state index is 0.00469. The largest absolute Gasteiger partial charge is 0.369 e. The second kappa shape index (κ2) is 19.3. The van der Waals surface area contributed by atoms with Gasteiger partial charge < -0.3 is 31.3 Å². The van der Waals surface area contributed by atoms with E-state index in [1.165, 1.54) is 44.3 Å². The summed E-state index contributed by atoms with van der Waals surface area (Å²) in [4.78, 5) is 114.